The molecule has 118 valence electrons. The number of nitrogens with one attached hydrogen (secondary N) is 2. The van der Waals surface area contributed by atoms with Crippen LogP contribution in [0.2, 0.25) is 0 Å². The number of alkyl halides is 2. The maximum atomic E-state index is 12.2. The molecule has 2 amide bonds. The van der Waals surface area contributed by atoms with Crippen molar-refractivity contribution in [1.29, 1.82) is 0 Å². The second-order valence-corrected chi connectivity index (χ2v) is 6.08. The monoisotopic (exact) mass is 318 g/mol. The molecule has 21 heavy (non-hydrogen) atoms. The predicted molar refractivity (Wildman–Crippen MR) is 80.8 cm³/mol. The van der Waals surface area contributed by atoms with Gasteiger partial charge in [-0.05, 0) is 36.6 Å². The SMILES string of the molecule is CC(C)CC(O)CNC(=O)Nc1ccc(SC(F)F)cc1. The number of anilines is 1. The van der Waals surface area contributed by atoms with E-state index in [1.165, 1.54) is 12.1 Å². The number of thioether (sulfide) groups is 1. The Hall–Kier alpha value is -1.34. The van der Waals surface area contributed by atoms with Crippen LogP contribution in [0.15, 0.2) is 29.2 Å². The maximum absolute atomic E-state index is 12.2. The third kappa shape index (κ3) is 7.87. The lowest BCUT2D eigenvalue weighted by atomic mass is 10.1. The second kappa shape index (κ2) is 8.84. The molecule has 1 aromatic carbocycles. The smallest absolute Gasteiger partial charge is 0.319 e. The average molecular weight is 318 g/mol. The fraction of sp³-hybridized carbons (Fsp3) is 0.500. The molecule has 1 rings (SSSR count). The van der Waals surface area contributed by atoms with Crippen molar-refractivity contribution in [1.82, 2.24) is 5.32 Å². The molecule has 1 unspecified atom stereocenters. The summed E-state index contributed by atoms with van der Waals surface area (Å²) in [5.41, 5.74) is 0.504. The molecular weight excluding hydrogens is 298 g/mol. The number of amides is 2. The first kappa shape index (κ1) is 17.7. The summed E-state index contributed by atoms with van der Waals surface area (Å²) in [5.74, 6) is -2.11. The highest BCUT2D eigenvalue weighted by atomic mass is 32.2. The molecular formula is C14H20F2N2O2S. The number of urea groups is 1. The average Bonchev–Trinajstić information content (AvgIpc) is 2.37. The Kier molecular flexibility index (Phi) is 7.45. The van der Waals surface area contributed by atoms with Crippen molar-refractivity contribution in [2.45, 2.75) is 37.0 Å². The molecule has 0 aromatic heterocycles. The minimum absolute atomic E-state index is 0.170. The van der Waals surface area contributed by atoms with Gasteiger partial charge in [-0.1, -0.05) is 25.6 Å². The third-order valence-electron chi connectivity index (χ3n) is 2.58. The second-order valence-electron chi connectivity index (χ2n) is 5.02. The van der Waals surface area contributed by atoms with E-state index >= 15 is 0 Å². The molecule has 0 spiro atoms. The Morgan fingerprint density at radius 2 is 1.90 bits per heavy atom. The molecule has 4 nitrogen and oxygen atoms in total. The van der Waals surface area contributed by atoms with Gasteiger partial charge in [-0.25, -0.2) is 4.79 Å². The van der Waals surface area contributed by atoms with Crippen LogP contribution in [0, 0.1) is 5.92 Å². The number of benzene rings is 1. The number of carbonyl (C=O) groups excluding carboxylic acids is 1. The van der Waals surface area contributed by atoms with Gasteiger partial charge in [-0.2, -0.15) is 8.78 Å². The fourth-order valence-electron chi connectivity index (χ4n) is 1.73. The normalized spacial score (nSPS) is 12.5. The summed E-state index contributed by atoms with van der Waals surface area (Å²) >= 11 is 0.451. The van der Waals surface area contributed by atoms with Crippen LogP contribution in [0.5, 0.6) is 0 Å². The topological polar surface area (TPSA) is 61.4 Å². The van der Waals surface area contributed by atoms with Gasteiger partial charge in [-0.3, -0.25) is 0 Å². The van der Waals surface area contributed by atoms with E-state index in [9.17, 15) is 18.7 Å². The molecule has 0 saturated carbocycles. The Morgan fingerprint density at radius 3 is 2.43 bits per heavy atom. The molecule has 0 fully saturated rings. The van der Waals surface area contributed by atoms with Crippen molar-refractivity contribution in [3.05, 3.63) is 24.3 Å². The van der Waals surface area contributed by atoms with Gasteiger partial charge in [0.15, 0.2) is 0 Å². The van der Waals surface area contributed by atoms with Crippen LogP contribution in [0.4, 0.5) is 19.3 Å². The first-order valence-corrected chi connectivity index (χ1v) is 7.52. The highest BCUT2D eigenvalue weighted by Crippen LogP contribution is 2.26. The molecule has 0 radical (unpaired) electrons. The highest BCUT2D eigenvalue weighted by molar-refractivity contribution is 7.99. The first-order chi connectivity index (χ1) is 9.86. The molecule has 0 saturated heterocycles. The number of rotatable bonds is 7. The lowest BCUT2D eigenvalue weighted by Gasteiger charge is -2.14. The summed E-state index contributed by atoms with van der Waals surface area (Å²) in [6.45, 7) is 4.15. The van der Waals surface area contributed by atoms with E-state index in [4.69, 9.17) is 0 Å². The van der Waals surface area contributed by atoms with E-state index in [1.54, 1.807) is 12.1 Å². The van der Waals surface area contributed by atoms with Crippen LogP contribution >= 0.6 is 11.8 Å². The molecule has 3 N–H and O–H groups in total. The van der Waals surface area contributed by atoms with Crippen LogP contribution in [0.3, 0.4) is 0 Å². The Labute approximate surface area is 127 Å². The molecule has 0 bridgehead atoms. The third-order valence-corrected chi connectivity index (χ3v) is 3.30. The molecule has 1 aromatic rings. The zero-order chi connectivity index (χ0) is 15.8. The van der Waals surface area contributed by atoms with Crippen LogP contribution in [0.25, 0.3) is 0 Å². The maximum Gasteiger partial charge on any atom is 0.319 e. The molecule has 0 aliphatic rings. The van der Waals surface area contributed by atoms with Gasteiger partial charge in [0.2, 0.25) is 0 Å². The number of aliphatic hydroxyl groups is 1. The van der Waals surface area contributed by atoms with Crippen LogP contribution < -0.4 is 10.6 Å². The fourth-order valence-corrected chi connectivity index (χ4v) is 2.23. The lowest BCUT2D eigenvalue weighted by Crippen LogP contribution is -2.35. The number of hydrogen-bond acceptors (Lipinski definition) is 3. The minimum atomic E-state index is -2.46. The van der Waals surface area contributed by atoms with Crippen molar-refractivity contribution in [2.75, 3.05) is 11.9 Å². The number of aliphatic hydroxyl groups excluding tert-OH is 1. The zero-order valence-corrected chi connectivity index (χ0v) is 12.8. The van der Waals surface area contributed by atoms with Crippen LogP contribution in [-0.4, -0.2) is 29.5 Å². The molecule has 1 atom stereocenters. The summed E-state index contributed by atoms with van der Waals surface area (Å²) in [5, 5.41) is 14.8. The Balaban J connectivity index is 2.37. The van der Waals surface area contributed by atoms with Gasteiger partial charge in [0.25, 0.3) is 5.76 Å². The molecule has 0 heterocycles. The van der Waals surface area contributed by atoms with Crippen molar-refractivity contribution < 1.29 is 18.7 Å². The number of hydrogen-bond donors (Lipinski definition) is 3. The summed E-state index contributed by atoms with van der Waals surface area (Å²) in [7, 11) is 0. The van der Waals surface area contributed by atoms with Crippen molar-refractivity contribution in [2.24, 2.45) is 5.92 Å². The van der Waals surface area contributed by atoms with Crippen molar-refractivity contribution >= 4 is 23.5 Å². The largest absolute Gasteiger partial charge is 0.391 e. The predicted octanol–water partition coefficient (Wildman–Crippen LogP) is 3.53. The quantitative estimate of drug-likeness (QED) is 0.674. The summed E-state index contributed by atoms with van der Waals surface area (Å²) < 4.78 is 24.3. The van der Waals surface area contributed by atoms with Gasteiger partial charge >= 0.3 is 6.03 Å². The van der Waals surface area contributed by atoms with Crippen LogP contribution in [-0.2, 0) is 0 Å². The van der Waals surface area contributed by atoms with Gasteiger partial charge < -0.3 is 15.7 Å². The zero-order valence-electron chi connectivity index (χ0n) is 12.0. The lowest BCUT2D eigenvalue weighted by molar-refractivity contribution is 0.148. The van der Waals surface area contributed by atoms with Gasteiger partial charge in [-0.15, -0.1) is 0 Å². The summed E-state index contributed by atoms with van der Waals surface area (Å²) in [4.78, 5) is 12.0. The standard InChI is InChI=1S/C14H20F2N2O2S/c1-9(2)7-11(19)8-17-14(20)18-10-3-5-12(6-4-10)21-13(15)16/h3-6,9,11,13,19H,7-8H2,1-2H3,(H2,17,18,20). The van der Waals surface area contributed by atoms with E-state index in [0.29, 0.717) is 34.7 Å². The molecule has 0 aliphatic carbocycles. The van der Waals surface area contributed by atoms with Crippen LogP contribution in [0.1, 0.15) is 20.3 Å². The molecule has 0 aliphatic heterocycles. The molecule has 7 heteroatoms. The van der Waals surface area contributed by atoms with Gasteiger partial charge in [0.1, 0.15) is 0 Å². The van der Waals surface area contributed by atoms with E-state index < -0.39 is 17.9 Å². The van der Waals surface area contributed by atoms with E-state index in [-0.39, 0.29) is 6.54 Å². The summed E-state index contributed by atoms with van der Waals surface area (Å²) in [6, 6.07) is 5.69. The van der Waals surface area contributed by atoms with E-state index in [0.717, 1.165) is 0 Å². The van der Waals surface area contributed by atoms with Gasteiger partial charge in [0.05, 0.1) is 6.10 Å². The van der Waals surface area contributed by atoms with E-state index in [1.807, 2.05) is 13.8 Å². The first-order valence-electron chi connectivity index (χ1n) is 6.64. The van der Waals surface area contributed by atoms with Crippen molar-refractivity contribution in [3.8, 4) is 0 Å². The Morgan fingerprint density at radius 1 is 1.29 bits per heavy atom. The van der Waals surface area contributed by atoms with Crippen molar-refractivity contribution in [3.63, 3.8) is 0 Å². The Bertz CT molecular complexity index is 441. The van der Waals surface area contributed by atoms with Gasteiger partial charge in [0, 0.05) is 17.1 Å². The summed E-state index contributed by atoms with van der Waals surface area (Å²) in [6.07, 6.45) is 0.0281. The minimum Gasteiger partial charge on any atom is -0.391 e. The number of carbonyl (C=O) groups is 1. The number of halogens is 2. The van der Waals surface area contributed by atoms with E-state index in [2.05, 4.69) is 10.6 Å². The highest BCUT2D eigenvalue weighted by Gasteiger charge is 2.09.